The Morgan fingerprint density at radius 3 is 2.85 bits per heavy atom. The fourth-order valence-corrected chi connectivity index (χ4v) is 2.82. The first-order chi connectivity index (χ1) is 9.24. The maximum Gasteiger partial charge on any atom is 0.316 e. The van der Waals surface area contributed by atoms with E-state index in [9.17, 15) is 4.79 Å². The molecule has 1 N–H and O–H groups in total. The molecule has 0 saturated carbocycles. The molecule has 7 heteroatoms. The number of hydrogen-bond donors (Lipinski definition) is 1. The highest BCUT2D eigenvalue weighted by Gasteiger charge is 2.17. The van der Waals surface area contributed by atoms with E-state index < -0.39 is 5.60 Å². The number of fused-ring (bicyclic) bond motifs is 1. The number of rotatable bonds is 3. The molecule has 108 valence electrons. The summed E-state index contributed by atoms with van der Waals surface area (Å²) in [5.74, 6) is -0.0300. The molecule has 0 fully saturated rings. The molecule has 0 radical (unpaired) electrons. The standard InChI is InChI=1S/C13H14ClIN2O2S/c1-13(2,3)19-11(18)6-20-12-16-9-4-7(14)8(15)5-10(9)17-12/h4-5H,6H2,1-3H3,(H,16,17). The molecule has 2 aromatic rings. The first-order valence-corrected chi connectivity index (χ1v) is 8.38. The van der Waals surface area contributed by atoms with E-state index >= 15 is 0 Å². The molecule has 0 bridgehead atoms. The molecule has 0 aliphatic heterocycles. The number of esters is 1. The van der Waals surface area contributed by atoms with Crippen molar-refractivity contribution in [3.8, 4) is 0 Å². The van der Waals surface area contributed by atoms with E-state index in [-0.39, 0.29) is 11.7 Å². The summed E-state index contributed by atoms with van der Waals surface area (Å²) < 4.78 is 6.20. The minimum absolute atomic E-state index is 0.224. The smallest absolute Gasteiger partial charge is 0.316 e. The molecule has 1 aromatic heterocycles. The van der Waals surface area contributed by atoms with Crippen LogP contribution >= 0.6 is 46.0 Å². The van der Waals surface area contributed by atoms with Gasteiger partial charge >= 0.3 is 5.97 Å². The second-order valence-corrected chi connectivity index (χ2v) is 7.73. The summed E-state index contributed by atoms with van der Waals surface area (Å²) in [7, 11) is 0. The van der Waals surface area contributed by atoms with E-state index in [4.69, 9.17) is 16.3 Å². The van der Waals surface area contributed by atoms with Crippen LogP contribution in [0.15, 0.2) is 17.3 Å². The zero-order valence-electron chi connectivity index (χ0n) is 11.3. The van der Waals surface area contributed by atoms with Crippen LogP contribution in [0.4, 0.5) is 0 Å². The van der Waals surface area contributed by atoms with Crippen molar-refractivity contribution in [3.05, 3.63) is 20.7 Å². The minimum Gasteiger partial charge on any atom is -0.459 e. The molecule has 0 unspecified atom stereocenters. The van der Waals surface area contributed by atoms with Crippen LogP contribution in [0.25, 0.3) is 11.0 Å². The van der Waals surface area contributed by atoms with Crippen LogP contribution in [0, 0.1) is 3.57 Å². The maximum atomic E-state index is 11.6. The monoisotopic (exact) mass is 424 g/mol. The summed E-state index contributed by atoms with van der Waals surface area (Å²) in [6.45, 7) is 5.54. The summed E-state index contributed by atoms with van der Waals surface area (Å²) in [6.07, 6.45) is 0. The van der Waals surface area contributed by atoms with Gasteiger partial charge in [0.2, 0.25) is 0 Å². The van der Waals surface area contributed by atoms with Gasteiger partial charge in [0, 0.05) is 3.57 Å². The van der Waals surface area contributed by atoms with Crippen molar-refractivity contribution in [2.75, 3.05) is 5.75 Å². The molecular formula is C13H14ClIN2O2S. The van der Waals surface area contributed by atoms with Gasteiger partial charge in [-0.15, -0.1) is 0 Å². The van der Waals surface area contributed by atoms with Crippen molar-refractivity contribution >= 4 is 63.0 Å². The van der Waals surface area contributed by atoms with Crippen LogP contribution in [0.1, 0.15) is 20.8 Å². The number of aromatic amines is 1. The molecule has 0 aliphatic carbocycles. The van der Waals surface area contributed by atoms with Crippen LogP contribution in [0.2, 0.25) is 5.02 Å². The Hall–Kier alpha value is -0.470. The average Bonchev–Trinajstić information content (AvgIpc) is 2.67. The molecule has 1 heterocycles. The third kappa shape index (κ3) is 4.26. The number of carbonyl (C=O) groups is 1. The number of H-pyrrole nitrogens is 1. The van der Waals surface area contributed by atoms with Crippen LogP contribution < -0.4 is 0 Å². The highest BCUT2D eigenvalue weighted by Crippen LogP contribution is 2.26. The predicted octanol–water partition coefficient (Wildman–Crippen LogP) is 4.25. The maximum absolute atomic E-state index is 11.6. The van der Waals surface area contributed by atoms with Gasteiger partial charge in [0.1, 0.15) is 5.60 Å². The van der Waals surface area contributed by atoms with E-state index in [1.807, 2.05) is 32.9 Å². The lowest BCUT2D eigenvalue weighted by Gasteiger charge is -2.18. The number of nitrogens with one attached hydrogen (secondary N) is 1. The van der Waals surface area contributed by atoms with E-state index in [0.717, 1.165) is 14.6 Å². The lowest BCUT2D eigenvalue weighted by Crippen LogP contribution is -2.24. The SMILES string of the molecule is CC(C)(C)OC(=O)CSc1nc2cc(I)c(Cl)cc2[nH]1. The molecule has 4 nitrogen and oxygen atoms in total. The van der Waals surface area contributed by atoms with E-state index in [1.54, 1.807) is 0 Å². The third-order valence-electron chi connectivity index (χ3n) is 2.25. The number of aromatic nitrogens is 2. The number of ether oxygens (including phenoxy) is 1. The van der Waals surface area contributed by atoms with Gasteiger partial charge < -0.3 is 9.72 Å². The van der Waals surface area contributed by atoms with Crippen molar-refractivity contribution in [1.82, 2.24) is 9.97 Å². The summed E-state index contributed by atoms with van der Waals surface area (Å²) in [5, 5.41) is 1.37. The molecule has 1 aromatic carbocycles. The molecule has 0 aliphatic rings. The van der Waals surface area contributed by atoms with Crippen molar-refractivity contribution in [2.24, 2.45) is 0 Å². The Bertz CT molecular complexity index is 613. The van der Waals surface area contributed by atoms with Crippen molar-refractivity contribution in [3.63, 3.8) is 0 Å². The van der Waals surface area contributed by atoms with Crippen LogP contribution in [0.3, 0.4) is 0 Å². The number of imidazole rings is 1. The van der Waals surface area contributed by atoms with E-state index in [2.05, 4.69) is 32.6 Å². The van der Waals surface area contributed by atoms with Gasteiger partial charge in [-0.25, -0.2) is 4.98 Å². The molecular weight excluding hydrogens is 411 g/mol. The molecule has 2 rings (SSSR count). The normalized spacial score (nSPS) is 11.8. The Kier molecular flexibility index (Phi) is 4.86. The topological polar surface area (TPSA) is 55.0 Å². The second-order valence-electron chi connectivity index (χ2n) is 5.20. The summed E-state index contributed by atoms with van der Waals surface area (Å²) in [6, 6.07) is 3.75. The fourth-order valence-electron chi connectivity index (χ4n) is 1.55. The highest BCUT2D eigenvalue weighted by atomic mass is 127. The Morgan fingerprint density at radius 2 is 2.20 bits per heavy atom. The Labute approximate surface area is 140 Å². The van der Waals surface area contributed by atoms with Gasteiger partial charge in [-0.2, -0.15) is 0 Å². The molecule has 20 heavy (non-hydrogen) atoms. The molecule has 0 amide bonds. The number of benzene rings is 1. The van der Waals surface area contributed by atoms with E-state index in [1.165, 1.54) is 11.8 Å². The largest absolute Gasteiger partial charge is 0.459 e. The van der Waals surface area contributed by atoms with E-state index in [0.29, 0.717) is 10.2 Å². The first kappa shape index (κ1) is 15.9. The zero-order chi connectivity index (χ0) is 14.9. The molecule has 0 atom stereocenters. The van der Waals surface area contributed by atoms with Gasteiger partial charge in [0.25, 0.3) is 0 Å². The number of carbonyl (C=O) groups excluding carboxylic acids is 1. The van der Waals surface area contributed by atoms with Crippen molar-refractivity contribution < 1.29 is 9.53 Å². The number of thioether (sulfide) groups is 1. The van der Waals surface area contributed by atoms with Crippen LogP contribution in [-0.4, -0.2) is 27.3 Å². The third-order valence-corrected chi connectivity index (χ3v) is 4.62. The second kappa shape index (κ2) is 6.11. The van der Waals surface area contributed by atoms with Gasteiger partial charge in [-0.3, -0.25) is 4.79 Å². The van der Waals surface area contributed by atoms with Crippen molar-refractivity contribution in [1.29, 1.82) is 0 Å². The molecule has 0 saturated heterocycles. The van der Waals surface area contributed by atoms with Gasteiger partial charge in [0.05, 0.1) is 21.8 Å². The first-order valence-electron chi connectivity index (χ1n) is 5.94. The van der Waals surface area contributed by atoms with Gasteiger partial charge in [0.15, 0.2) is 5.16 Å². The fraction of sp³-hybridized carbons (Fsp3) is 0.385. The van der Waals surface area contributed by atoms with Crippen LogP contribution in [0.5, 0.6) is 0 Å². The minimum atomic E-state index is -0.463. The van der Waals surface area contributed by atoms with Gasteiger partial charge in [-0.05, 0) is 55.5 Å². The number of halogens is 2. The number of nitrogens with zero attached hydrogens (tertiary/aromatic N) is 1. The lowest BCUT2D eigenvalue weighted by atomic mass is 10.2. The summed E-state index contributed by atoms with van der Waals surface area (Å²) in [5.41, 5.74) is 1.24. The quantitative estimate of drug-likeness (QED) is 0.454. The predicted molar refractivity (Wildman–Crippen MR) is 90.4 cm³/mol. The van der Waals surface area contributed by atoms with Gasteiger partial charge in [-0.1, -0.05) is 23.4 Å². The van der Waals surface area contributed by atoms with Crippen molar-refractivity contribution in [2.45, 2.75) is 31.5 Å². The van der Waals surface area contributed by atoms with Crippen LogP contribution in [-0.2, 0) is 9.53 Å². The zero-order valence-corrected chi connectivity index (χ0v) is 15.0. The lowest BCUT2D eigenvalue weighted by molar-refractivity contribution is -0.151. The summed E-state index contributed by atoms with van der Waals surface area (Å²) in [4.78, 5) is 19.2. The molecule has 0 spiro atoms. The Balaban J connectivity index is 2.05. The average molecular weight is 425 g/mol. The highest BCUT2D eigenvalue weighted by molar-refractivity contribution is 14.1. The summed E-state index contributed by atoms with van der Waals surface area (Å²) >= 11 is 9.54. The Morgan fingerprint density at radius 1 is 1.50 bits per heavy atom. The number of hydrogen-bond acceptors (Lipinski definition) is 4.